The van der Waals surface area contributed by atoms with Gasteiger partial charge in [-0.15, -0.1) is 0 Å². The fourth-order valence-corrected chi connectivity index (χ4v) is 2.46. The maximum Gasteiger partial charge on any atom is 0.0870 e. The van der Waals surface area contributed by atoms with E-state index in [1.165, 1.54) is 57.8 Å². The molecular weight excluding hydrogens is 240 g/mol. The van der Waals surface area contributed by atoms with E-state index in [1.54, 1.807) is 0 Å². The van der Waals surface area contributed by atoms with Crippen molar-refractivity contribution >= 4 is 17.2 Å². The number of rotatable bonds is 13. The molecule has 2 N–H and O–H groups in total. The summed E-state index contributed by atoms with van der Waals surface area (Å²) in [5.74, 6) is 0. The average molecular weight is 273 g/mol. The summed E-state index contributed by atoms with van der Waals surface area (Å²) in [6.45, 7) is 7.54. The second kappa shape index (κ2) is 13.3. The molecule has 0 aliphatic carbocycles. The first-order valence-electron chi connectivity index (χ1n) is 7.71. The van der Waals surface area contributed by atoms with Crippen molar-refractivity contribution in [3.63, 3.8) is 0 Å². The van der Waals surface area contributed by atoms with Crippen LogP contribution < -0.4 is 5.73 Å². The van der Waals surface area contributed by atoms with E-state index in [1.807, 2.05) is 0 Å². The predicted octanol–water partition coefficient (Wildman–Crippen LogP) is 4.13. The van der Waals surface area contributed by atoms with Crippen molar-refractivity contribution in [1.82, 2.24) is 4.90 Å². The number of thiocarbonyl (C=S) groups is 1. The highest BCUT2D eigenvalue weighted by Gasteiger charge is 2.04. The van der Waals surface area contributed by atoms with Crippen LogP contribution in [0.25, 0.3) is 0 Å². The van der Waals surface area contributed by atoms with Crippen LogP contribution in [0.4, 0.5) is 0 Å². The number of hydrogen-bond donors (Lipinski definition) is 1. The Labute approximate surface area is 119 Å². The van der Waals surface area contributed by atoms with Gasteiger partial charge in [0.05, 0.1) is 4.99 Å². The van der Waals surface area contributed by atoms with E-state index in [4.69, 9.17) is 18.0 Å². The minimum Gasteiger partial charge on any atom is -0.392 e. The summed E-state index contributed by atoms with van der Waals surface area (Å²) in [7, 11) is 0. The quantitative estimate of drug-likeness (QED) is 0.404. The molecule has 0 fully saturated rings. The van der Waals surface area contributed by atoms with E-state index in [2.05, 4.69) is 18.7 Å². The molecular formula is C15H32N2S. The van der Waals surface area contributed by atoms with Gasteiger partial charge in [0.15, 0.2) is 0 Å². The van der Waals surface area contributed by atoms with Gasteiger partial charge >= 0.3 is 0 Å². The summed E-state index contributed by atoms with van der Waals surface area (Å²) in [4.78, 5) is 3.02. The molecule has 0 aromatic rings. The Morgan fingerprint density at radius 1 is 0.833 bits per heavy atom. The van der Waals surface area contributed by atoms with Crippen LogP contribution in [-0.2, 0) is 0 Å². The zero-order valence-corrected chi connectivity index (χ0v) is 13.2. The van der Waals surface area contributed by atoms with Gasteiger partial charge in [0.25, 0.3) is 0 Å². The molecule has 0 saturated heterocycles. The van der Waals surface area contributed by atoms with Gasteiger partial charge in [0, 0.05) is 6.54 Å². The van der Waals surface area contributed by atoms with Crippen LogP contribution in [0, 0.1) is 0 Å². The summed E-state index contributed by atoms with van der Waals surface area (Å²) in [6.07, 6.45) is 12.2. The van der Waals surface area contributed by atoms with Crippen molar-refractivity contribution < 1.29 is 0 Å². The van der Waals surface area contributed by atoms with Gasteiger partial charge in [-0.1, -0.05) is 71.0 Å². The van der Waals surface area contributed by atoms with Crippen molar-refractivity contribution in [3.05, 3.63) is 0 Å². The molecule has 0 amide bonds. The van der Waals surface area contributed by atoms with Crippen molar-refractivity contribution in [3.8, 4) is 0 Å². The lowest BCUT2D eigenvalue weighted by atomic mass is 10.1. The molecule has 3 heteroatoms. The summed E-state index contributed by atoms with van der Waals surface area (Å²) in [5, 5.41) is 0. The van der Waals surface area contributed by atoms with Crippen LogP contribution in [0.5, 0.6) is 0 Å². The zero-order valence-electron chi connectivity index (χ0n) is 12.4. The average Bonchev–Trinajstić information content (AvgIpc) is 2.32. The summed E-state index contributed by atoms with van der Waals surface area (Å²) in [6, 6.07) is 0. The Kier molecular flexibility index (Phi) is 13.2. The molecule has 0 unspecified atom stereocenters. The number of hydrogen-bond acceptors (Lipinski definition) is 2. The molecule has 2 nitrogen and oxygen atoms in total. The number of nitrogens with two attached hydrogens (primary N) is 1. The van der Waals surface area contributed by atoms with Gasteiger partial charge < -0.3 is 5.73 Å². The van der Waals surface area contributed by atoms with Gasteiger partial charge in [-0.2, -0.15) is 0 Å². The number of nitrogens with zero attached hydrogens (tertiary/aromatic N) is 1. The third-order valence-electron chi connectivity index (χ3n) is 3.25. The van der Waals surface area contributed by atoms with Crippen molar-refractivity contribution in [2.45, 2.75) is 71.6 Å². The van der Waals surface area contributed by atoms with Gasteiger partial charge in [0.2, 0.25) is 0 Å². The monoisotopic (exact) mass is 272 g/mol. The normalized spacial score (nSPS) is 11.1. The largest absolute Gasteiger partial charge is 0.392 e. The molecule has 0 radical (unpaired) electrons. The summed E-state index contributed by atoms with van der Waals surface area (Å²) < 4.78 is 0. The lowest BCUT2D eigenvalue weighted by Crippen LogP contribution is -2.34. The highest BCUT2D eigenvalue weighted by Crippen LogP contribution is 2.09. The highest BCUT2D eigenvalue weighted by molar-refractivity contribution is 7.80. The van der Waals surface area contributed by atoms with E-state index >= 15 is 0 Å². The molecule has 108 valence electrons. The SMILES string of the molecule is CCCCCCCCCCN(CCC)CC(N)=S. The van der Waals surface area contributed by atoms with E-state index < -0.39 is 0 Å². The van der Waals surface area contributed by atoms with E-state index in [0.29, 0.717) is 4.99 Å². The van der Waals surface area contributed by atoms with Gasteiger partial charge in [0.1, 0.15) is 0 Å². The Morgan fingerprint density at radius 2 is 1.39 bits per heavy atom. The molecule has 0 saturated carbocycles. The first-order chi connectivity index (χ1) is 8.70. The second-order valence-corrected chi connectivity index (χ2v) is 5.74. The van der Waals surface area contributed by atoms with Crippen LogP contribution >= 0.6 is 12.2 Å². The smallest absolute Gasteiger partial charge is 0.0870 e. The predicted molar refractivity (Wildman–Crippen MR) is 86.1 cm³/mol. The molecule has 0 aliphatic heterocycles. The molecule has 0 atom stereocenters. The van der Waals surface area contributed by atoms with E-state index in [9.17, 15) is 0 Å². The molecule has 0 heterocycles. The minimum atomic E-state index is 0.628. The Morgan fingerprint density at radius 3 is 1.89 bits per heavy atom. The third-order valence-corrected chi connectivity index (χ3v) is 3.38. The molecule has 0 bridgehead atoms. The zero-order chi connectivity index (χ0) is 13.6. The van der Waals surface area contributed by atoms with Crippen molar-refractivity contribution in [2.24, 2.45) is 5.73 Å². The fourth-order valence-electron chi connectivity index (χ4n) is 2.28. The molecule has 0 spiro atoms. The topological polar surface area (TPSA) is 29.3 Å². The lowest BCUT2D eigenvalue weighted by molar-refractivity contribution is 0.303. The van der Waals surface area contributed by atoms with Crippen LogP contribution in [0.3, 0.4) is 0 Å². The molecule has 0 rings (SSSR count). The van der Waals surface area contributed by atoms with Crippen molar-refractivity contribution in [2.75, 3.05) is 19.6 Å². The first-order valence-corrected chi connectivity index (χ1v) is 8.12. The molecule has 0 aromatic heterocycles. The van der Waals surface area contributed by atoms with E-state index in [0.717, 1.165) is 19.6 Å². The van der Waals surface area contributed by atoms with Crippen molar-refractivity contribution in [1.29, 1.82) is 0 Å². The van der Waals surface area contributed by atoms with Gasteiger partial charge in [-0.3, -0.25) is 4.90 Å². The standard InChI is InChI=1S/C15H32N2S/c1-3-5-6-7-8-9-10-11-13-17(12-4-2)14-15(16)18/h3-14H2,1-2H3,(H2,16,18). The Balaban J connectivity index is 3.40. The summed E-state index contributed by atoms with van der Waals surface area (Å²) >= 11 is 4.98. The van der Waals surface area contributed by atoms with Gasteiger partial charge in [-0.05, 0) is 25.9 Å². The van der Waals surface area contributed by atoms with Crippen LogP contribution in [0.1, 0.15) is 71.6 Å². The van der Waals surface area contributed by atoms with Crippen LogP contribution in [0.2, 0.25) is 0 Å². The molecule has 18 heavy (non-hydrogen) atoms. The number of unbranched alkanes of at least 4 members (excludes halogenated alkanes) is 7. The molecule has 0 aromatic carbocycles. The molecule has 0 aliphatic rings. The maximum atomic E-state index is 5.61. The van der Waals surface area contributed by atoms with Gasteiger partial charge in [-0.25, -0.2) is 0 Å². The lowest BCUT2D eigenvalue weighted by Gasteiger charge is -2.20. The second-order valence-electron chi connectivity index (χ2n) is 5.22. The third kappa shape index (κ3) is 12.3. The maximum absolute atomic E-state index is 5.61. The van der Waals surface area contributed by atoms with Crippen LogP contribution in [0.15, 0.2) is 0 Å². The fraction of sp³-hybridized carbons (Fsp3) is 0.933. The first kappa shape index (κ1) is 17.8. The Hall–Kier alpha value is -0.150. The highest BCUT2D eigenvalue weighted by atomic mass is 32.1. The van der Waals surface area contributed by atoms with Crippen LogP contribution in [-0.4, -0.2) is 29.5 Å². The summed E-state index contributed by atoms with van der Waals surface area (Å²) in [5.41, 5.74) is 5.61. The Bertz CT molecular complexity index is 195. The van der Waals surface area contributed by atoms with E-state index in [-0.39, 0.29) is 0 Å². The minimum absolute atomic E-state index is 0.628.